The number of ether oxygens (including phenoxy) is 1. The number of hydrogen-bond donors (Lipinski definition) is 1. The number of aromatic nitrogens is 1. The first kappa shape index (κ1) is 12.0. The normalized spacial score (nSPS) is 11.8. The zero-order valence-corrected chi connectivity index (χ0v) is 9.72. The van der Waals surface area contributed by atoms with E-state index in [4.69, 9.17) is 0 Å². The third kappa shape index (κ3) is 2.60. The first-order valence-corrected chi connectivity index (χ1v) is 5.23. The molecule has 0 unspecified atom stereocenters. The summed E-state index contributed by atoms with van der Waals surface area (Å²) in [6, 6.07) is 3.54. The Hall–Kier alpha value is -1.50. The molecule has 0 spiro atoms. The molecule has 1 N–H and O–H groups in total. The van der Waals surface area contributed by atoms with Gasteiger partial charge in [-0.15, -0.1) is 13.2 Å². The fourth-order valence-electron chi connectivity index (χ4n) is 1.37. The number of fused-ring (bicyclic) bond motifs is 1. The van der Waals surface area contributed by atoms with Crippen molar-refractivity contribution in [2.24, 2.45) is 0 Å². The summed E-state index contributed by atoms with van der Waals surface area (Å²) in [7, 11) is 0. The van der Waals surface area contributed by atoms with Gasteiger partial charge < -0.3 is 9.72 Å². The van der Waals surface area contributed by atoms with E-state index in [9.17, 15) is 18.0 Å². The number of aromatic amines is 1. The zero-order chi connectivity index (χ0) is 12.6. The van der Waals surface area contributed by atoms with Crippen molar-refractivity contribution in [1.29, 1.82) is 0 Å². The van der Waals surface area contributed by atoms with E-state index in [0.29, 0.717) is 5.52 Å². The average Bonchev–Trinajstić information content (AvgIpc) is 2.22. The molecule has 0 atom stereocenters. The van der Waals surface area contributed by atoms with Crippen LogP contribution in [-0.4, -0.2) is 11.3 Å². The van der Waals surface area contributed by atoms with Gasteiger partial charge in [-0.05, 0) is 34.1 Å². The van der Waals surface area contributed by atoms with Crippen LogP contribution in [0, 0.1) is 0 Å². The highest BCUT2D eigenvalue weighted by Gasteiger charge is 2.31. The highest BCUT2D eigenvalue weighted by atomic mass is 79.9. The Morgan fingerprint density at radius 2 is 2.00 bits per heavy atom. The van der Waals surface area contributed by atoms with Crippen LogP contribution in [0.3, 0.4) is 0 Å². The third-order valence-electron chi connectivity index (χ3n) is 2.04. The highest BCUT2D eigenvalue weighted by Crippen LogP contribution is 2.25. The van der Waals surface area contributed by atoms with Gasteiger partial charge in [-0.1, -0.05) is 0 Å². The summed E-state index contributed by atoms with van der Waals surface area (Å²) in [6.07, 6.45) is -3.35. The van der Waals surface area contributed by atoms with Crippen LogP contribution in [0.2, 0.25) is 0 Å². The van der Waals surface area contributed by atoms with E-state index in [2.05, 4.69) is 25.7 Å². The summed E-state index contributed by atoms with van der Waals surface area (Å²) in [5.41, 5.74) is 0.0408. The zero-order valence-electron chi connectivity index (χ0n) is 8.14. The molecule has 7 heteroatoms. The van der Waals surface area contributed by atoms with Crippen LogP contribution in [-0.2, 0) is 0 Å². The number of rotatable bonds is 1. The second kappa shape index (κ2) is 4.06. The van der Waals surface area contributed by atoms with E-state index in [-0.39, 0.29) is 9.86 Å². The molecule has 3 nitrogen and oxygen atoms in total. The molecule has 17 heavy (non-hydrogen) atoms. The van der Waals surface area contributed by atoms with Gasteiger partial charge >= 0.3 is 6.36 Å². The van der Waals surface area contributed by atoms with Crippen molar-refractivity contribution < 1.29 is 17.9 Å². The van der Waals surface area contributed by atoms with Crippen molar-refractivity contribution in [2.45, 2.75) is 6.36 Å². The average molecular weight is 308 g/mol. The molecule has 0 bridgehead atoms. The van der Waals surface area contributed by atoms with E-state index in [1.54, 1.807) is 0 Å². The molecule has 0 aliphatic carbocycles. The third-order valence-corrected chi connectivity index (χ3v) is 2.63. The number of alkyl halides is 3. The molecule has 90 valence electrons. The summed E-state index contributed by atoms with van der Waals surface area (Å²) in [4.78, 5) is 14.4. The Bertz CT molecular complexity index is 621. The van der Waals surface area contributed by atoms with Crippen LogP contribution in [0.5, 0.6) is 5.75 Å². The lowest BCUT2D eigenvalue weighted by Gasteiger charge is -2.09. The van der Waals surface area contributed by atoms with Gasteiger partial charge in [0.25, 0.3) is 0 Å². The number of nitrogens with one attached hydrogen (secondary N) is 1. The number of benzene rings is 1. The van der Waals surface area contributed by atoms with Crippen molar-refractivity contribution in [3.63, 3.8) is 0 Å². The summed E-state index contributed by atoms with van der Waals surface area (Å²) in [5, 5.41) is 0.126. The second-order valence-corrected chi connectivity index (χ2v) is 4.08. The lowest BCUT2D eigenvalue weighted by atomic mass is 10.2. The van der Waals surface area contributed by atoms with E-state index in [0.717, 1.165) is 12.1 Å². The van der Waals surface area contributed by atoms with Crippen LogP contribution < -0.4 is 10.2 Å². The molecular weight excluding hydrogens is 303 g/mol. The lowest BCUT2D eigenvalue weighted by Crippen LogP contribution is -2.17. The maximum absolute atomic E-state index is 12.0. The quantitative estimate of drug-likeness (QED) is 0.879. The molecule has 2 rings (SSSR count). The Kier molecular flexibility index (Phi) is 2.86. The smallest absolute Gasteiger partial charge is 0.406 e. The Labute approximate surface area is 101 Å². The molecule has 2 aromatic rings. The molecule has 0 aliphatic rings. The van der Waals surface area contributed by atoms with Crippen LogP contribution in [0.25, 0.3) is 10.9 Å². The largest absolute Gasteiger partial charge is 0.573 e. The van der Waals surface area contributed by atoms with Gasteiger partial charge in [0, 0.05) is 11.7 Å². The van der Waals surface area contributed by atoms with Crippen molar-refractivity contribution >= 4 is 26.8 Å². The first-order valence-electron chi connectivity index (χ1n) is 4.43. The number of halogens is 4. The lowest BCUT2D eigenvalue weighted by molar-refractivity contribution is -0.274. The summed E-state index contributed by atoms with van der Waals surface area (Å²) >= 11 is 3.00. The maximum Gasteiger partial charge on any atom is 0.573 e. The molecule has 1 aromatic carbocycles. The summed E-state index contributed by atoms with van der Waals surface area (Å²) in [5.74, 6) is -0.423. The van der Waals surface area contributed by atoms with Gasteiger partial charge in [0.2, 0.25) is 5.43 Å². The number of pyridine rings is 1. The van der Waals surface area contributed by atoms with Crippen LogP contribution in [0.4, 0.5) is 13.2 Å². The molecule has 0 saturated carbocycles. The standard InChI is InChI=1S/C10H5BrF3NO2/c11-7-4-15-8-2-1-5(17-10(12,13)14)3-6(8)9(7)16/h1-4H,(H,15,16). The minimum atomic E-state index is -4.77. The minimum Gasteiger partial charge on any atom is -0.406 e. The van der Waals surface area contributed by atoms with Crippen molar-refractivity contribution in [1.82, 2.24) is 4.98 Å². The van der Waals surface area contributed by atoms with Crippen molar-refractivity contribution in [2.75, 3.05) is 0 Å². The molecule has 1 heterocycles. The second-order valence-electron chi connectivity index (χ2n) is 3.22. The summed E-state index contributed by atoms with van der Waals surface area (Å²) in [6.45, 7) is 0. The first-order chi connectivity index (χ1) is 7.87. The van der Waals surface area contributed by atoms with Crippen LogP contribution >= 0.6 is 15.9 Å². The minimum absolute atomic E-state index is 0.126. The summed E-state index contributed by atoms with van der Waals surface area (Å²) < 4.78 is 40.0. The van der Waals surface area contributed by atoms with Gasteiger partial charge in [-0.3, -0.25) is 4.79 Å². The van der Waals surface area contributed by atoms with Gasteiger partial charge in [-0.2, -0.15) is 0 Å². The Morgan fingerprint density at radius 1 is 1.29 bits per heavy atom. The van der Waals surface area contributed by atoms with E-state index in [1.165, 1.54) is 12.3 Å². The van der Waals surface area contributed by atoms with Crippen molar-refractivity contribution in [3.8, 4) is 5.75 Å². The molecule has 0 saturated heterocycles. The predicted octanol–water partition coefficient (Wildman–Crippen LogP) is 3.19. The molecular formula is C10H5BrF3NO2. The number of hydrogen-bond acceptors (Lipinski definition) is 2. The van der Waals surface area contributed by atoms with E-state index in [1.807, 2.05) is 0 Å². The highest BCUT2D eigenvalue weighted by molar-refractivity contribution is 9.10. The monoisotopic (exact) mass is 307 g/mol. The van der Waals surface area contributed by atoms with Gasteiger partial charge in [0.05, 0.1) is 9.86 Å². The Balaban J connectivity index is 2.57. The van der Waals surface area contributed by atoms with Crippen molar-refractivity contribution in [3.05, 3.63) is 39.1 Å². The van der Waals surface area contributed by atoms with Crippen LogP contribution in [0.1, 0.15) is 0 Å². The molecule has 0 radical (unpaired) electrons. The predicted molar refractivity (Wildman–Crippen MR) is 59.0 cm³/mol. The fraction of sp³-hybridized carbons (Fsp3) is 0.100. The van der Waals surface area contributed by atoms with Gasteiger partial charge in [0.15, 0.2) is 0 Å². The number of H-pyrrole nitrogens is 1. The van der Waals surface area contributed by atoms with Crippen LogP contribution in [0.15, 0.2) is 33.7 Å². The Morgan fingerprint density at radius 3 is 2.65 bits per heavy atom. The topological polar surface area (TPSA) is 42.1 Å². The van der Waals surface area contributed by atoms with E-state index >= 15 is 0 Å². The van der Waals surface area contributed by atoms with E-state index < -0.39 is 17.5 Å². The fourth-order valence-corrected chi connectivity index (χ4v) is 1.70. The molecule has 0 amide bonds. The van der Waals surface area contributed by atoms with Gasteiger partial charge in [-0.25, -0.2) is 0 Å². The molecule has 0 aliphatic heterocycles. The van der Waals surface area contributed by atoms with Gasteiger partial charge in [0.1, 0.15) is 5.75 Å². The molecule has 0 fully saturated rings. The SMILES string of the molecule is O=c1c(Br)c[nH]c2ccc(OC(F)(F)F)cc12. The maximum atomic E-state index is 12.0. The molecule has 1 aromatic heterocycles.